The summed E-state index contributed by atoms with van der Waals surface area (Å²) in [6, 6.07) is 7.04. The van der Waals surface area contributed by atoms with Crippen molar-refractivity contribution in [1.82, 2.24) is 4.98 Å². The fourth-order valence-corrected chi connectivity index (χ4v) is 2.01. The van der Waals surface area contributed by atoms with Crippen molar-refractivity contribution in [3.63, 3.8) is 0 Å². The van der Waals surface area contributed by atoms with E-state index < -0.39 is 0 Å². The second-order valence-electron chi connectivity index (χ2n) is 3.76. The highest BCUT2D eigenvalue weighted by Gasteiger charge is 2.12. The molecule has 0 bridgehead atoms. The average Bonchev–Trinajstić information content (AvgIpc) is 2.65. The molecule has 1 aromatic carbocycles. The molecular formula is C12H9BrCl2N2O. The number of amides is 1. The molecule has 0 aliphatic heterocycles. The lowest BCUT2D eigenvalue weighted by molar-refractivity contribution is 0.102. The molecule has 1 aromatic heterocycles. The molecule has 0 spiro atoms. The average molecular weight is 348 g/mol. The summed E-state index contributed by atoms with van der Waals surface area (Å²) in [5, 5.41) is 3.34. The van der Waals surface area contributed by atoms with Gasteiger partial charge < -0.3 is 10.3 Å². The third-order valence-electron chi connectivity index (χ3n) is 2.39. The fraction of sp³-hybridized carbons (Fsp3) is 0.0833. The molecule has 3 nitrogen and oxygen atoms in total. The molecule has 0 unspecified atom stereocenters. The second-order valence-corrected chi connectivity index (χ2v) is 5.40. The first-order chi connectivity index (χ1) is 8.47. The van der Waals surface area contributed by atoms with Crippen LogP contribution in [0.4, 0.5) is 5.69 Å². The molecule has 2 N–H and O–H groups in total. The summed E-state index contributed by atoms with van der Waals surface area (Å²) in [7, 11) is 0. The van der Waals surface area contributed by atoms with Gasteiger partial charge in [-0.05, 0) is 36.8 Å². The zero-order valence-corrected chi connectivity index (χ0v) is 12.4. The number of halogens is 3. The zero-order chi connectivity index (χ0) is 13.3. The van der Waals surface area contributed by atoms with Crippen molar-refractivity contribution in [3.05, 3.63) is 50.2 Å². The first-order valence-electron chi connectivity index (χ1n) is 5.09. The van der Waals surface area contributed by atoms with Crippen LogP contribution in [0.2, 0.25) is 10.2 Å². The van der Waals surface area contributed by atoms with Gasteiger partial charge in [-0.15, -0.1) is 0 Å². The predicted molar refractivity (Wildman–Crippen MR) is 77.6 cm³/mol. The first-order valence-corrected chi connectivity index (χ1v) is 6.64. The smallest absolute Gasteiger partial charge is 0.272 e. The van der Waals surface area contributed by atoms with Crippen LogP contribution < -0.4 is 5.32 Å². The van der Waals surface area contributed by atoms with E-state index in [9.17, 15) is 4.79 Å². The maximum Gasteiger partial charge on any atom is 0.272 e. The summed E-state index contributed by atoms with van der Waals surface area (Å²) < 4.78 is 0.992. The van der Waals surface area contributed by atoms with Crippen LogP contribution in [-0.4, -0.2) is 10.9 Å². The van der Waals surface area contributed by atoms with Gasteiger partial charge in [0, 0.05) is 10.2 Å². The van der Waals surface area contributed by atoms with E-state index in [-0.39, 0.29) is 11.1 Å². The second kappa shape index (κ2) is 5.34. The molecule has 1 amide bonds. The summed E-state index contributed by atoms with van der Waals surface area (Å²) >= 11 is 14.9. The number of benzene rings is 1. The van der Waals surface area contributed by atoms with Gasteiger partial charge >= 0.3 is 0 Å². The lowest BCUT2D eigenvalue weighted by Gasteiger charge is -2.05. The number of nitrogens with one attached hydrogen (secondary N) is 2. The lowest BCUT2D eigenvalue weighted by Crippen LogP contribution is -2.12. The standard InChI is InChI=1S/C12H9BrCl2N2O/c1-6-4-7(2-3-8(6)13)16-12(18)10-5-9(14)11(15)17-10/h2-5,17H,1H3,(H,16,18). The van der Waals surface area contributed by atoms with E-state index in [1.54, 1.807) is 6.07 Å². The van der Waals surface area contributed by atoms with Crippen molar-refractivity contribution < 1.29 is 4.79 Å². The van der Waals surface area contributed by atoms with E-state index in [0.717, 1.165) is 10.0 Å². The van der Waals surface area contributed by atoms with Crippen LogP contribution in [-0.2, 0) is 0 Å². The Labute approximate surface area is 123 Å². The molecule has 0 aliphatic rings. The van der Waals surface area contributed by atoms with Gasteiger partial charge in [0.2, 0.25) is 0 Å². The Morgan fingerprint density at radius 2 is 2.06 bits per heavy atom. The number of rotatable bonds is 2. The molecular weight excluding hydrogens is 339 g/mol. The number of anilines is 1. The highest BCUT2D eigenvalue weighted by molar-refractivity contribution is 9.10. The number of hydrogen-bond donors (Lipinski definition) is 2. The van der Waals surface area contributed by atoms with Gasteiger partial charge in [-0.2, -0.15) is 0 Å². The van der Waals surface area contributed by atoms with Crippen LogP contribution in [0.5, 0.6) is 0 Å². The molecule has 0 saturated carbocycles. The summed E-state index contributed by atoms with van der Waals surface area (Å²) in [5.41, 5.74) is 2.07. The van der Waals surface area contributed by atoms with Crippen LogP contribution in [0.3, 0.4) is 0 Å². The van der Waals surface area contributed by atoms with E-state index >= 15 is 0 Å². The van der Waals surface area contributed by atoms with Crippen molar-refractivity contribution in [2.75, 3.05) is 5.32 Å². The third kappa shape index (κ3) is 2.88. The minimum absolute atomic E-state index is 0.258. The molecule has 6 heteroatoms. The first kappa shape index (κ1) is 13.5. The number of hydrogen-bond acceptors (Lipinski definition) is 1. The SMILES string of the molecule is Cc1cc(NC(=O)c2cc(Cl)c(Cl)[nH]2)ccc1Br. The molecule has 94 valence electrons. The number of carbonyl (C=O) groups is 1. The van der Waals surface area contributed by atoms with Crippen LogP contribution in [0.25, 0.3) is 0 Å². The summed E-state index contributed by atoms with van der Waals surface area (Å²) in [6.07, 6.45) is 0. The molecule has 0 radical (unpaired) electrons. The Kier molecular flexibility index (Phi) is 4.00. The Morgan fingerprint density at radius 3 is 2.61 bits per heavy atom. The Balaban J connectivity index is 2.18. The van der Waals surface area contributed by atoms with Crippen molar-refractivity contribution >= 4 is 50.7 Å². The minimum Gasteiger partial charge on any atom is -0.340 e. The van der Waals surface area contributed by atoms with Gasteiger partial charge in [0.05, 0.1) is 5.02 Å². The van der Waals surface area contributed by atoms with Gasteiger partial charge in [0.1, 0.15) is 10.8 Å². The minimum atomic E-state index is -0.287. The number of carbonyl (C=O) groups excluding carboxylic acids is 1. The largest absolute Gasteiger partial charge is 0.340 e. The molecule has 0 saturated heterocycles. The van der Waals surface area contributed by atoms with Crippen molar-refractivity contribution in [2.24, 2.45) is 0 Å². The van der Waals surface area contributed by atoms with E-state index in [1.807, 2.05) is 19.1 Å². The van der Waals surface area contributed by atoms with Crippen molar-refractivity contribution in [2.45, 2.75) is 6.92 Å². The van der Waals surface area contributed by atoms with Gasteiger partial charge in [-0.1, -0.05) is 39.1 Å². The monoisotopic (exact) mass is 346 g/mol. The Bertz CT molecular complexity index is 591. The number of aromatic nitrogens is 1. The van der Waals surface area contributed by atoms with E-state index in [0.29, 0.717) is 16.4 Å². The quantitative estimate of drug-likeness (QED) is 0.816. The Morgan fingerprint density at radius 1 is 1.33 bits per heavy atom. The van der Waals surface area contributed by atoms with Crippen LogP contribution in [0.1, 0.15) is 16.1 Å². The highest BCUT2D eigenvalue weighted by atomic mass is 79.9. The van der Waals surface area contributed by atoms with Gasteiger partial charge in [0.25, 0.3) is 5.91 Å². The number of H-pyrrole nitrogens is 1. The van der Waals surface area contributed by atoms with Gasteiger partial charge in [0.15, 0.2) is 0 Å². The summed E-state index contributed by atoms with van der Waals surface area (Å²) in [5.74, 6) is -0.287. The van der Waals surface area contributed by atoms with Crippen molar-refractivity contribution in [3.8, 4) is 0 Å². The zero-order valence-electron chi connectivity index (χ0n) is 9.35. The molecule has 2 rings (SSSR count). The molecule has 18 heavy (non-hydrogen) atoms. The molecule has 0 atom stereocenters. The topological polar surface area (TPSA) is 44.9 Å². The van der Waals surface area contributed by atoms with Crippen LogP contribution in [0, 0.1) is 6.92 Å². The highest BCUT2D eigenvalue weighted by Crippen LogP contribution is 2.23. The summed E-state index contributed by atoms with van der Waals surface area (Å²) in [4.78, 5) is 14.6. The maximum absolute atomic E-state index is 11.9. The molecule has 0 fully saturated rings. The van der Waals surface area contributed by atoms with Crippen molar-refractivity contribution in [1.29, 1.82) is 0 Å². The normalized spacial score (nSPS) is 10.4. The molecule has 2 aromatic rings. The van der Waals surface area contributed by atoms with E-state index in [4.69, 9.17) is 23.2 Å². The predicted octanol–water partition coefficient (Wildman–Crippen LogP) is 4.64. The Hall–Kier alpha value is -0.970. The van der Waals surface area contributed by atoms with Gasteiger partial charge in [-0.3, -0.25) is 4.79 Å². The molecule has 1 heterocycles. The van der Waals surface area contributed by atoms with Gasteiger partial charge in [-0.25, -0.2) is 0 Å². The molecule has 0 aliphatic carbocycles. The lowest BCUT2D eigenvalue weighted by atomic mass is 10.2. The van der Waals surface area contributed by atoms with E-state index in [1.165, 1.54) is 6.07 Å². The van der Waals surface area contributed by atoms with E-state index in [2.05, 4.69) is 26.2 Å². The summed E-state index contributed by atoms with van der Waals surface area (Å²) in [6.45, 7) is 1.95. The number of aromatic amines is 1. The fourth-order valence-electron chi connectivity index (χ4n) is 1.45. The third-order valence-corrected chi connectivity index (χ3v) is 3.97. The number of aryl methyl sites for hydroxylation is 1. The maximum atomic E-state index is 11.9. The van der Waals surface area contributed by atoms with Crippen LogP contribution >= 0.6 is 39.1 Å². The van der Waals surface area contributed by atoms with Crippen LogP contribution in [0.15, 0.2) is 28.7 Å².